The molecule has 0 spiro atoms. The SMILES string of the molecule is Cc1ccc(C2c3c(oc4ccc(Cl)cc4c3=O)C(=O)N2Cc2ccco2)cc1. The number of fused-ring (bicyclic) bond motifs is 2. The molecule has 1 amide bonds. The lowest BCUT2D eigenvalue weighted by Crippen LogP contribution is -2.29. The predicted molar refractivity (Wildman–Crippen MR) is 109 cm³/mol. The number of carbonyl (C=O) groups is 1. The van der Waals surface area contributed by atoms with Crippen LogP contribution >= 0.6 is 11.6 Å². The van der Waals surface area contributed by atoms with Crippen molar-refractivity contribution >= 4 is 28.5 Å². The third-order valence-corrected chi connectivity index (χ3v) is 5.46. The monoisotopic (exact) mass is 405 g/mol. The van der Waals surface area contributed by atoms with E-state index in [4.69, 9.17) is 20.4 Å². The van der Waals surface area contributed by atoms with E-state index in [-0.39, 0.29) is 23.6 Å². The molecule has 1 aliphatic heterocycles. The highest BCUT2D eigenvalue weighted by atomic mass is 35.5. The zero-order valence-corrected chi connectivity index (χ0v) is 16.3. The third-order valence-electron chi connectivity index (χ3n) is 5.23. The summed E-state index contributed by atoms with van der Waals surface area (Å²) in [7, 11) is 0. The minimum absolute atomic E-state index is 0.0713. The summed E-state index contributed by atoms with van der Waals surface area (Å²) < 4.78 is 11.3. The summed E-state index contributed by atoms with van der Waals surface area (Å²) >= 11 is 6.09. The van der Waals surface area contributed by atoms with Crippen LogP contribution in [0.5, 0.6) is 0 Å². The molecule has 29 heavy (non-hydrogen) atoms. The lowest BCUT2D eigenvalue weighted by molar-refractivity contribution is 0.0701. The van der Waals surface area contributed by atoms with Crippen molar-refractivity contribution in [2.24, 2.45) is 0 Å². The zero-order chi connectivity index (χ0) is 20.1. The number of hydrogen-bond donors (Lipinski definition) is 0. The van der Waals surface area contributed by atoms with Crippen molar-refractivity contribution in [3.63, 3.8) is 0 Å². The molecule has 1 aliphatic rings. The van der Waals surface area contributed by atoms with Gasteiger partial charge in [-0.3, -0.25) is 9.59 Å². The highest BCUT2D eigenvalue weighted by molar-refractivity contribution is 6.31. The summed E-state index contributed by atoms with van der Waals surface area (Å²) in [6.45, 7) is 2.22. The van der Waals surface area contributed by atoms with Gasteiger partial charge in [0.2, 0.25) is 5.76 Å². The molecule has 0 bridgehead atoms. The van der Waals surface area contributed by atoms with E-state index in [9.17, 15) is 9.59 Å². The van der Waals surface area contributed by atoms with Gasteiger partial charge >= 0.3 is 0 Å². The van der Waals surface area contributed by atoms with Gasteiger partial charge in [-0.15, -0.1) is 0 Å². The van der Waals surface area contributed by atoms with Crippen molar-refractivity contribution < 1.29 is 13.6 Å². The lowest BCUT2D eigenvalue weighted by atomic mass is 9.97. The topological polar surface area (TPSA) is 63.7 Å². The summed E-state index contributed by atoms with van der Waals surface area (Å²) in [5, 5.41) is 0.800. The van der Waals surface area contributed by atoms with Crippen molar-refractivity contribution in [1.29, 1.82) is 0 Å². The second-order valence-corrected chi connectivity index (χ2v) is 7.58. The molecule has 0 aliphatic carbocycles. The van der Waals surface area contributed by atoms with Crippen LogP contribution in [0.25, 0.3) is 11.0 Å². The Balaban J connectivity index is 1.75. The molecule has 2 aromatic heterocycles. The zero-order valence-electron chi connectivity index (χ0n) is 15.5. The Bertz CT molecular complexity index is 1290. The van der Waals surface area contributed by atoms with E-state index in [0.29, 0.717) is 27.3 Å². The van der Waals surface area contributed by atoms with Crippen molar-refractivity contribution in [1.82, 2.24) is 4.90 Å². The van der Waals surface area contributed by atoms with Crippen LogP contribution in [-0.2, 0) is 6.54 Å². The second kappa shape index (κ2) is 6.64. The van der Waals surface area contributed by atoms with E-state index < -0.39 is 6.04 Å². The smallest absolute Gasteiger partial charge is 0.291 e. The first-order chi connectivity index (χ1) is 14.0. The fraction of sp³-hybridized carbons (Fsp3) is 0.130. The van der Waals surface area contributed by atoms with Gasteiger partial charge in [0, 0.05) is 5.02 Å². The Kier molecular flexibility index (Phi) is 4.07. The molecule has 1 atom stereocenters. The van der Waals surface area contributed by atoms with Crippen molar-refractivity contribution in [2.75, 3.05) is 0 Å². The molecular weight excluding hydrogens is 390 g/mol. The van der Waals surface area contributed by atoms with Gasteiger partial charge in [0.15, 0.2) is 5.43 Å². The largest absolute Gasteiger partial charge is 0.467 e. The number of carbonyl (C=O) groups excluding carboxylic acids is 1. The number of nitrogens with zero attached hydrogens (tertiary/aromatic N) is 1. The maximum absolute atomic E-state index is 13.4. The van der Waals surface area contributed by atoms with Crippen LogP contribution in [0.4, 0.5) is 0 Å². The standard InChI is InChI=1S/C23H16ClNO4/c1-13-4-6-14(7-5-13)20-19-21(26)17-11-15(24)8-9-18(17)29-22(19)23(27)25(20)12-16-3-2-10-28-16/h2-11,20H,12H2,1H3. The van der Waals surface area contributed by atoms with E-state index in [2.05, 4.69) is 0 Å². The average Bonchev–Trinajstić information content (AvgIpc) is 3.32. The van der Waals surface area contributed by atoms with Crippen molar-refractivity contribution in [2.45, 2.75) is 19.5 Å². The normalized spacial score (nSPS) is 15.9. The first-order valence-electron chi connectivity index (χ1n) is 9.19. The fourth-order valence-electron chi connectivity index (χ4n) is 3.82. The van der Waals surface area contributed by atoms with Crippen LogP contribution < -0.4 is 5.43 Å². The predicted octanol–water partition coefficient (Wildman–Crippen LogP) is 5.09. The van der Waals surface area contributed by atoms with E-state index >= 15 is 0 Å². The van der Waals surface area contributed by atoms with E-state index in [1.807, 2.05) is 31.2 Å². The Hall–Kier alpha value is -3.31. The molecule has 5 rings (SSSR count). The quantitative estimate of drug-likeness (QED) is 0.476. The maximum atomic E-state index is 13.4. The summed E-state index contributed by atoms with van der Waals surface area (Å²) in [4.78, 5) is 28.3. The summed E-state index contributed by atoms with van der Waals surface area (Å²) in [6, 6.07) is 15.6. The van der Waals surface area contributed by atoms with Crippen LogP contribution in [0.1, 0.15) is 39.0 Å². The van der Waals surface area contributed by atoms with Gasteiger partial charge < -0.3 is 13.7 Å². The molecular formula is C23H16ClNO4. The van der Waals surface area contributed by atoms with E-state index in [1.165, 1.54) is 0 Å². The minimum Gasteiger partial charge on any atom is -0.467 e. The van der Waals surface area contributed by atoms with Crippen LogP contribution in [-0.4, -0.2) is 10.8 Å². The Labute approximate surface area is 171 Å². The molecule has 1 unspecified atom stereocenters. The van der Waals surface area contributed by atoms with Gasteiger partial charge in [-0.05, 0) is 42.8 Å². The van der Waals surface area contributed by atoms with Gasteiger partial charge in [-0.25, -0.2) is 0 Å². The first-order valence-corrected chi connectivity index (χ1v) is 9.57. The molecule has 0 saturated heterocycles. The molecule has 5 nitrogen and oxygen atoms in total. The first kappa shape index (κ1) is 17.8. The Morgan fingerprint density at radius 1 is 1.07 bits per heavy atom. The van der Waals surface area contributed by atoms with Crippen molar-refractivity contribution in [3.05, 3.63) is 104 Å². The average molecular weight is 406 g/mol. The van der Waals surface area contributed by atoms with Gasteiger partial charge in [0.05, 0.1) is 29.8 Å². The van der Waals surface area contributed by atoms with E-state index in [0.717, 1.165) is 11.1 Å². The molecule has 144 valence electrons. The minimum atomic E-state index is -0.567. The molecule has 0 radical (unpaired) electrons. The van der Waals surface area contributed by atoms with Gasteiger partial charge in [-0.2, -0.15) is 0 Å². The fourth-order valence-corrected chi connectivity index (χ4v) is 3.99. The highest BCUT2D eigenvalue weighted by Crippen LogP contribution is 2.39. The van der Waals surface area contributed by atoms with Crippen molar-refractivity contribution in [3.8, 4) is 0 Å². The number of aryl methyl sites for hydroxylation is 1. The molecule has 0 saturated carbocycles. The molecule has 4 aromatic rings. The van der Waals surface area contributed by atoms with E-state index in [1.54, 1.807) is 41.5 Å². The summed E-state index contributed by atoms with van der Waals surface area (Å²) in [6.07, 6.45) is 1.56. The number of halogens is 1. The van der Waals surface area contributed by atoms with Gasteiger partial charge in [-0.1, -0.05) is 41.4 Å². The number of rotatable bonds is 3. The summed E-state index contributed by atoms with van der Waals surface area (Å²) in [5.41, 5.74) is 2.36. The number of furan rings is 1. The highest BCUT2D eigenvalue weighted by Gasteiger charge is 2.43. The second-order valence-electron chi connectivity index (χ2n) is 7.14. The maximum Gasteiger partial charge on any atom is 0.291 e. The van der Waals surface area contributed by atoms with Crippen LogP contribution in [0.2, 0.25) is 5.02 Å². The molecule has 0 N–H and O–H groups in total. The molecule has 0 fully saturated rings. The van der Waals surface area contributed by atoms with Gasteiger partial charge in [0.1, 0.15) is 11.3 Å². The number of amides is 1. The Morgan fingerprint density at radius 3 is 2.59 bits per heavy atom. The number of hydrogen-bond acceptors (Lipinski definition) is 4. The molecule has 2 aromatic carbocycles. The number of benzene rings is 2. The molecule has 3 heterocycles. The van der Waals surface area contributed by atoms with Crippen LogP contribution in [0.3, 0.4) is 0 Å². The Morgan fingerprint density at radius 2 is 1.86 bits per heavy atom. The van der Waals surface area contributed by atoms with Crippen LogP contribution in [0.15, 0.2) is 74.5 Å². The van der Waals surface area contributed by atoms with Gasteiger partial charge in [0.25, 0.3) is 5.91 Å². The lowest BCUT2D eigenvalue weighted by Gasteiger charge is -2.24. The third kappa shape index (κ3) is 2.86. The summed E-state index contributed by atoms with van der Waals surface area (Å²) in [5.74, 6) is 0.362. The van der Waals surface area contributed by atoms with Crippen LogP contribution in [0, 0.1) is 6.92 Å². The molecule has 6 heteroatoms.